The Morgan fingerprint density at radius 1 is 1.15 bits per heavy atom. The van der Waals surface area contributed by atoms with Crippen molar-refractivity contribution in [1.82, 2.24) is 5.32 Å². The lowest BCUT2D eigenvalue weighted by atomic mass is 9.98. The standard InChI is InChI=1S/C17H19BrClN/c1-13(15-5-3-2-4-6-15)9-10-20-12-14-7-8-17(19)16(18)11-14/h2-8,11,13,20H,9-10,12H2,1H3. The van der Waals surface area contributed by atoms with E-state index in [1.54, 1.807) is 0 Å². The summed E-state index contributed by atoms with van der Waals surface area (Å²) in [5.74, 6) is 0.584. The van der Waals surface area contributed by atoms with Crippen LogP contribution in [0.25, 0.3) is 0 Å². The van der Waals surface area contributed by atoms with Crippen molar-refractivity contribution in [3.8, 4) is 0 Å². The molecule has 0 fully saturated rings. The Kier molecular flexibility index (Phi) is 6.08. The molecule has 1 atom stereocenters. The lowest BCUT2D eigenvalue weighted by Gasteiger charge is -2.12. The Hall–Kier alpha value is -0.830. The summed E-state index contributed by atoms with van der Waals surface area (Å²) in [6, 6.07) is 16.7. The van der Waals surface area contributed by atoms with Gasteiger partial charge in [0, 0.05) is 11.0 Å². The minimum absolute atomic E-state index is 0.584. The van der Waals surface area contributed by atoms with Gasteiger partial charge in [-0.25, -0.2) is 0 Å². The number of halogens is 2. The number of benzene rings is 2. The normalized spacial score (nSPS) is 12.3. The second-order valence-electron chi connectivity index (χ2n) is 5.03. The van der Waals surface area contributed by atoms with Gasteiger partial charge in [-0.1, -0.05) is 54.9 Å². The van der Waals surface area contributed by atoms with E-state index in [0.717, 1.165) is 29.0 Å². The topological polar surface area (TPSA) is 12.0 Å². The fourth-order valence-electron chi connectivity index (χ4n) is 2.15. The predicted molar refractivity (Wildman–Crippen MR) is 90.3 cm³/mol. The van der Waals surface area contributed by atoms with E-state index in [2.05, 4.69) is 70.6 Å². The second kappa shape index (κ2) is 7.82. The second-order valence-corrected chi connectivity index (χ2v) is 6.29. The molecular weight excluding hydrogens is 334 g/mol. The molecule has 2 rings (SSSR count). The first-order valence-electron chi connectivity index (χ1n) is 6.86. The predicted octanol–water partition coefficient (Wildman–Crippen LogP) is 5.39. The molecular formula is C17H19BrClN. The van der Waals surface area contributed by atoms with E-state index in [1.807, 2.05) is 6.07 Å². The summed E-state index contributed by atoms with van der Waals surface area (Å²) in [7, 11) is 0. The first-order valence-corrected chi connectivity index (χ1v) is 8.03. The molecule has 0 aliphatic heterocycles. The van der Waals surface area contributed by atoms with Crippen molar-refractivity contribution in [2.24, 2.45) is 0 Å². The molecule has 0 heterocycles. The van der Waals surface area contributed by atoms with Crippen molar-refractivity contribution in [3.05, 3.63) is 69.2 Å². The minimum atomic E-state index is 0.584. The van der Waals surface area contributed by atoms with Gasteiger partial charge in [0.1, 0.15) is 0 Å². The third kappa shape index (κ3) is 4.62. The van der Waals surface area contributed by atoms with Crippen LogP contribution in [0.5, 0.6) is 0 Å². The van der Waals surface area contributed by atoms with Crippen LogP contribution in [0.15, 0.2) is 53.0 Å². The smallest absolute Gasteiger partial charge is 0.0548 e. The summed E-state index contributed by atoms with van der Waals surface area (Å²) in [4.78, 5) is 0. The van der Waals surface area contributed by atoms with Crippen LogP contribution in [0.3, 0.4) is 0 Å². The largest absolute Gasteiger partial charge is 0.313 e. The first kappa shape index (κ1) is 15.6. The average Bonchev–Trinajstić information content (AvgIpc) is 2.48. The molecule has 0 radical (unpaired) electrons. The Morgan fingerprint density at radius 2 is 1.90 bits per heavy atom. The van der Waals surface area contributed by atoms with Gasteiger partial charge in [0.15, 0.2) is 0 Å². The van der Waals surface area contributed by atoms with Crippen molar-refractivity contribution in [2.75, 3.05) is 6.54 Å². The molecule has 1 nitrogen and oxygen atoms in total. The van der Waals surface area contributed by atoms with Gasteiger partial charge in [-0.3, -0.25) is 0 Å². The summed E-state index contributed by atoms with van der Waals surface area (Å²) in [6.07, 6.45) is 1.14. The summed E-state index contributed by atoms with van der Waals surface area (Å²) in [5, 5.41) is 4.24. The van der Waals surface area contributed by atoms with Crippen LogP contribution < -0.4 is 5.32 Å². The summed E-state index contributed by atoms with van der Waals surface area (Å²) >= 11 is 9.43. The van der Waals surface area contributed by atoms with Crippen LogP contribution in [0.4, 0.5) is 0 Å². The number of nitrogens with one attached hydrogen (secondary N) is 1. The van der Waals surface area contributed by atoms with E-state index in [4.69, 9.17) is 11.6 Å². The van der Waals surface area contributed by atoms with Gasteiger partial charge in [-0.05, 0) is 58.1 Å². The van der Waals surface area contributed by atoms with E-state index in [1.165, 1.54) is 11.1 Å². The molecule has 0 saturated heterocycles. The molecule has 1 N–H and O–H groups in total. The highest BCUT2D eigenvalue weighted by Gasteiger charge is 2.04. The zero-order valence-electron chi connectivity index (χ0n) is 11.6. The van der Waals surface area contributed by atoms with Crippen LogP contribution in [-0.4, -0.2) is 6.54 Å². The Bertz CT molecular complexity index is 542. The van der Waals surface area contributed by atoms with Crippen molar-refractivity contribution in [3.63, 3.8) is 0 Å². The van der Waals surface area contributed by atoms with E-state index in [-0.39, 0.29) is 0 Å². The van der Waals surface area contributed by atoms with Crippen molar-refractivity contribution in [2.45, 2.75) is 25.8 Å². The van der Waals surface area contributed by atoms with E-state index in [0.29, 0.717) is 5.92 Å². The van der Waals surface area contributed by atoms with Crippen molar-refractivity contribution >= 4 is 27.5 Å². The third-order valence-electron chi connectivity index (χ3n) is 3.44. The maximum absolute atomic E-state index is 5.98. The zero-order chi connectivity index (χ0) is 14.4. The lowest BCUT2D eigenvalue weighted by molar-refractivity contribution is 0.594. The first-order chi connectivity index (χ1) is 9.66. The number of rotatable bonds is 6. The maximum Gasteiger partial charge on any atom is 0.0548 e. The molecule has 20 heavy (non-hydrogen) atoms. The zero-order valence-corrected chi connectivity index (χ0v) is 13.9. The monoisotopic (exact) mass is 351 g/mol. The van der Waals surface area contributed by atoms with Crippen LogP contribution in [-0.2, 0) is 6.54 Å². The van der Waals surface area contributed by atoms with Crippen LogP contribution in [0.2, 0.25) is 5.02 Å². The van der Waals surface area contributed by atoms with Gasteiger partial charge in [-0.15, -0.1) is 0 Å². The Balaban J connectivity index is 1.75. The van der Waals surface area contributed by atoms with Crippen LogP contribution >= 0.6 is 27.5 Å². The van der Waals surface area contributed by atoms with Gasteiger partial charge in [0.05, 0.1) is 5.02 Å². The minimum Gasteiger partial charge on any atom is -0.313 e. The summed E-state index contributed by atoms with van der Waals surface area (Å²) in [5.41, 5.74) is 2.65. The molecule has 0 saturated carbocycles. The molecule has 0 aromatic heterocycles. The van der Waals surface area contributed by atoms with Crippen LogP contribution in [0, 0.1) is 0 Å². The lowest BCUT2D eigenvalue weighted by Crippen LogP contribution is -2.16. The van der Waals surface area contributed by atoms with Gasteiger partial charge in [0.25, 0.3) is 0 Å². The van der Waals surface area contributed by atoms with E-state index >= 15 is 0 Å². The van der Waals surface area contributed by atoms with E-state index < -0.39 is 0 Å². The quantitative estimate of drug-likeness (QED) is 0.688. The van der Waals surface area contributed by atoms with Crippen LogP contribution in [0.1, 0.15) is 30.4 Å². The van der Waals surface area contributed by atoms with Gasteiger partial charge >= 0.3 is 0 Å². The Morgan fingerprint density at radius 3 is 2.60 bits per heavy atom. The fourth-order valence-corrected chi connectivity index (χ4v) is 2.69. The van der Waals surface area contributed by atoms with Gasteiger partial charge in [-0.2, -0.15) is 0 Å². The number of hydrogen-bond acceptors (Lipinski definition) is 1. The Labute approximate surface area is 134 Å². The molecule has 0 spiro atoms. The number of hydrogen-bond donors (Lipinski definition) is 1. The molecule has 0 amide bonds. The highest BCUT2D eigenvalue weighted by atomic mass is 79.9. The highest BCUT2D eigenvalue weighted by Crippen LogP contribution is 2.23. The molecule has 1 unspecified atom stereocenters. The SMILES string of the molecule is CC(CCNCc1ccc(Cl)c(Br)c1)c1ccccc1. The molecule has 106 valence electrons. The summed E-state index contributed by atoms with van der Waals surface area (Å²) < 4.78 is 0.955. The average molecular weight is 353 g/mol. The highest BCUT2D eigenvalue weighted by molar-refractivity contribution is 9.10. The molecule has 0 aliphatic carbocycles. The molecule has 0 aliphatic rings. The molecule has 2 aromatic rings. The molecule has 0 bridgehead atoms. The third-order valence-corrected chi connectivity index (χ3v) is 4.65. The van der Waals surface area contributed by atoms with E-state index in [9.17, 15) is 0 Å². The molecule has 2 aromatic carbocycles. The van der Waals surface area contributed by atoms with Gasteiger partial charge in [0.2, 0.25) is 0 Å². The van der Waals surface area contributed by atoms with Crippen molar-refractivity contribution < 1.29 is 0 Å². The van der Waals surface area contributed by atoms with Crippen molar-refractivity contribution in [1.29, 1.82) is 0 Å². The fraction of sp³-hybridized carbons (Fsp3) is 0.294. The summed E-state index contributed by atoms with van der Waals surface area (Å²) in [6.45, 7) is 4.16. The molecule has 3 heteroatoms. The van der Waals surface area contributed by atoms with Gasteiger partial charge < -0.3 is 5.32 Å². The maximum atomic E-state index is 5.98.